The Hall–Kier alpha value is 0.870. The molecule has 0 aromatic carbocycles. The highest BCUT2D eigenvalue weighted by atomic mass is 127. The van der Waals surface area contributed by atoms with Gasteiger partial charge in [0.05, 0.1) is 0 Å². The number of halogens is 3. The molecule has 0 saturated heterocycles. The minimum Gasteiger partial charge on any atom is -0.478 e. The van der Waals surface area contributed by atoms with Gasteiger partial charge in [0.25, 0.3) is 0 Å². The van der Waals surface area contributed by atoms with Gasteiger partial charge in [0.2, 0.25) is 0 Å². The molecule has 0 spiro atoms. The molecule has 12 heavy (non-hydrogen) atoms. The monoisotopic (exact) mass is 510 g/mol. The van der Waals surface area contributed by atoms with E-state index in [9.17, 15) is 9.59 Å². The van der Waals surface area contributed by atoms with Crippen molar-refractivity contribution in [3.8, 4) is 0 Å². The van der Waals surface area contributed by atoms with Gasteiger partial charge in [-0.15, -0.1) is 0 Å². The van der Waals surface area contributed by atoms with Crippen molar-refractivity contribution in [2.75, 3.05) is 0 Å². The van der Waals surface area contributed by atoms with Crippen molar-refractivity contribution in [3.63, 3.8) is 0 Å². The quantitative estimate of drug-likeness (QED) is 0.340. The first-order chi connectivity index (χ1) is 5.36. The van der Waals surface area contributed by atoms with Gasteiger partial charge >= 0.3 is 11.9 Å². The molecule has 0 aliphatic heterocycles. The number of carboxylic acid groups (broad SMARTS) is 2. The predicted molar refractivity (Wildman–Crippen MR) is 70.3 cm³/mol. The first-order valence-electron chi connectivity index (χ1n) is 2.42. The third-order valence-corrected chi connectivity index (χ3v) is 0.368. The summed E-state index contributed by atoms with van der Waals surface area (Å²) in [7, 11) is 0. The lowest BCUT2D eigenvalue weighted by molar-refractivity contribution is -0.134. The number of aliphatic carboxylic acids is 2. The lowest BCUT2D eigenvalue weighted by Crippen LogP contribution is -1.91. The smallest absolute Gasteiger partial charge is 0.328 e. The maximum absolute atomic E-state index is 9.55. The average molecular weight is 510 g/mol. The summed E-state index contributed by atoms with van der Waals surface area (Å²) in [5.41, 5.74) is 0. The van der Waals surface area contributed by atoms with E-state index in [1.54, 1.807) is 0 Å². The van der Waals surface area contributed by atoms with Crippen LogP contribution >= 0.6 is 67.8 Å². The molecule has 0 aromatic heterocycles. The minimum absolute atomic E-state index is 0.558. The third-order valence-electron chi connectivity index (χ3n) is 0.368. The molecule has 0 aromatic rings. The summed E-state index contributed by atoms with van der Waals surface area (Å²) in [6.07, 6.45) is 1.12. The van der Waals surface area contributed by atoms with Crippen LogP contribution in [0.2, 0.25) is 0 Å². The van der Waals surface area contributed by atoms with E-state index in [0.29, 0.717) is 12.2 Å². The molecule has 0 fully saturated rings. The number of hydrogen-bond donors (Lipinski definition) is 2. The highest BCUT2D eigenvalue weighted by Crippen LogP contribution is 2.16. The molecule has 0 amide bonds. The summed E-state index contributed by atoms with van der Waals surface area (Å²) in [6, 6.07) is 0. The van der Waals surface area contributed by atoms with Crippen LogP contribution in [0.4, 0.5) is 0 Å². The van der Waals surface area contributed by atoms with Gasteiger partial charge in [0.1, 0.15) is -0.0619 Å². The molecule has 0 radical (unpaired) electrons. The first kappa shape index (κ1) is 15.3. The van der Waals surface area contributed by atoms with E-state index < -0.39 is 11.9 Å². The van der Waals surface area contributed by atoms with E-state index in [0.717, 1.165) is -0.0619 Å². The SMILES string of the molecule is IC(I)I.O=C(O)C=CC(=O)O. The third kappa shape index (κ3) is 30.7. The fourth-order valence-corrected chi connectivity index (χ4v) is 0.143. The number of carbonyl (C=O) groups is 2. The van der Waals surface area contributed by atoms with Gasteiger partial charge < -0.3 is 10.2 Å². The molecule has 7 heteroatoms. The fraction of sp³-hybridized carbons (Fsp3) is 0.200. The number of carboxylic acids is 2. The Kier molecular flexibility index (Phi) is 12.7. The second kappa shape index (κ2) is 9.95. The van der Waals surface area contributed by atoms with E-state index in [2.05, 4.69) is 67.8 Å². The average Bonchev–Trinajstić information content (AvgIpc) is 1.82. The van der Waals surface area contributed by atoms with Crippen LogP contribution in [-0.2, 0) is 9.59 Å². The molecule has 4 nitrogen and oxygen atoms in total. The first-order valence-corrected chi connectivity index (χ1v) is 6.16. The summed E-state index contributed by atoms with van der Waals surface area (Å²) >= 11 is 6.95. The van der Waals surface area contributed by atoms with Crippen molar-refractivity contribution in [2.45, 2.75) is -0.0619 Å². The molecule has 0 aliphatic rings. The van der Waals surface area contributed by atoms with Crippen LogP contribution in [0.3, 0.4) is 0 Å². The molecule has 2 N–H and O–H groups in total. The minimum atomic E-state index is -1.26. The summed E-state index contributed by atoms with van der Waals surface area (Å²) in [6.45, 7) is 0. The van der Waals surface area contributed by atoms with Crippen LogP contribution in [-0.4, -0.2) is 22.1 Å². The van der Waals surface area contributed by atoms with Gasteiger partial charge in [-0.1, -0.05) is 67.8 Å². The summed E-state index contributed by atoms with van der Waals surface area (Å²) < 4.78 is 0.743. The van der Waals surface area contributed by atoms with E-state index in [1.807, 2.05) is 0 Å². The van der Waals surface area contributed by atoms with Crippen LogP contribution in [0.5, 0.6) is 0 Å². The lowest BCUT2D eigenvalue weighted by Gasteiger charge is -1.74. The van der Waals surface area contributed by atoms with Crippen LogP contribution in [0.1, 0.15) is 0 Å². The molecule has 70 valence electrons. The van der Waals surface area contributed by atoms with Crippen molar-refractivity contribution < 1.29 is 19.8 Å². The largest absolute Gasteiger partial charge is 0.478 e. The Morgan fingerprint density at radius 3 is 1.25 bits per heavy atom. The topological polar surface area (TPSA) is 74.6 Å². The molecule has 0 unspecified atom stereocenters. The van der Waals surface area contributed by atoms with E-state index in [-0.39, 0.29) is 0 Å². The normalized spacial score (nSPS) is 9.33. The zero-order valence-corrected chi connectivity index (χ0v) is 12.0. The fourth-order valence-electron chi connectivity index (χ4n) is 0.143. The Morgan fingerprint density at radius 2 is 1.17 bits per heavy atom. The second-order valence-electron chi connectivity index (χ2n) is 1.26. The van der Waals surface area contributed by atoms with Crippen LogP contribution in [0, 0.1) is 0 Å². The predicted octanol–water partition coefficient (Wildman–Crippen LogP) is 2.29. The highest BCUT2D eigenvalue weighted by Gasteiger charge is 1.88. The van der Waals surface area contributed by atoms with Crippen molar-refractivity contribution >= 4 is 79.7 Å². The van der Waals surface area contributed by atoms with Crippen molar-refractivity contribution in [3.05, 3.63) is 12.2 Å². The molecule has 0 aliphatic carbocycles. The van der Waals surface area contributed by atoms with Crippen molar-refractivity contribution in [1.82, 2.24) is 0 Å². The molecule has 0 rings (SSSR count). The Bertz CT molecular complexity index is 159. The number of hydrogen-bond acceptors (Lipinski definition) is 2. The van der Waals surface area contributed by atoms with Gasteiger partial charge in [-0.2, -0.15) is 0 Å². The molecule has 0 atom stereocenters. The number of alkyl halides is 3. The Balaban J connectivity index is 0. The Morgan fingerprint density at radius 1 is 1.00 bits per heavy atom. The highest BCUT2D eigenvalue weighted by molar-refractivity contribution is 14.3. The summed E-state index contributed by atoms with van der Waals surface area (Å²) in [4.78, 5) is 19.1. The molecule has 0 bridgehead atoms. The molecule has 0 heterocycles. The van der Waals surface area contributed by atoms with Crippen LogP contribution < -0.4 is 0 Å². The van der Waals surface area contributed by atoms with Gasteiger partial charge in [-0.3, -0.25) is 0 Å². The van der Waals surface area contributed by atoms with Crippen molar-refractivity contribution in [2.24, 2.45) is 0 Å². The molecular formula is C5H5I3O4. The molecule has 0 saturated carbocycles. The zero-order valence-electron chi connectivity index (χ0n) is 5.58. The van der Waals surface area contributed by atoms with Crippen LogP contribution in [0.25, 0.3) is 0 Å². The van der Waals surface area contributed by atoms with Gasteiger partial charge in [0.15, 0.2) is 0 Å². The van der Waals surface area contributed by atoms with E-state index >= 15 is 0 Å². The lowest BCUT2D eigenvalue weighted by atomic mass is 10.5. The van der Waals surface area contributed by atoms with Crippen LogP contribution in [0.15, 0.2) is 12.2 Å². The molecular weight excluding hydrogens is 505 g/mol. The Labute approximate surface area is 110 Å². The van der Waals surface area contributed by atoms with E-state index in [4.69, 9.17) is 10.2 Å². The van der Waals surface area contributed by atoms with Gasteiger partial charge in [-0.05, 0) is 0 Å². The summed E-state index contributed by atoms with van der Waals surface area (Å²) in [5, 5.41) is 15.6. The van der Waals surface area contributed by atoms with Gasteiger partial charge in [0, 0.05) is 12.2 Å². The number of rotatable bonds is 2. The van der Waals surface area contributed by atoms with Gasteiger partial charge in [-0.25, -0.2) is 9.59 Å². The maximum Gasteiger partial charge on any atom is 0.328 e. The standard InChI is InChI=1S/C4H4O4.CHI3/c5-3(6)1-2-4(7)8;2-1(3)4/h1-2H,(H,5,6)(H,7,8);1H. The summed E-state index contributed by atoms with van der Waals surface area (Å²) in [5.74, 6) is -2.51. The second-order valence-corrected chi connectivity index (χ2v) is 12.1. The maximum atomic E-state index is 9.55. The van der Waals surface area contributed by atoms with E-state index in [1.165, 1.54) is 0 Å². The van der Waals surface area contributed by atoms with Crippen molar-refractivity contribution in [1.29, 1.82) is 0 Å². The zero-order chi connectivity index (χ0) is 10.1.